The lowest BCUT2D eigenvalue weighted by molar-refractivity contribution is 0.117. The molecule has 0 bridgehead atoms. The van der Waals surface area contributed by atoms with Crippen LogP contribution in [0.25, 0.3) is 0 Å². The maximum atomic E-state index is 5.64. The average Bonchev–Trinajstić information content (AvgIpc) is 3.24. The first-order chi connectivity index (χ1) is 13.3. The Hall–Kier alpha value is -1.93. The van der Waals surface area contributed by atoms with Gasteiger partial charge < -0.3 is 20.3 Å². The van der Waals surface area contributed by atoms with Gasteiger partial charge in [0.25, 0.3) is 0 Å². The Labute approximate surface area is 162 Å². The van der Waals surface area contributed by atoms with Crippen LogP contribution in [0, 0.1) is 0 Å². The predicted octanol–water partition coefficient (Wildman–Crippen LogP) is 0.723. The van der Waals surface area contributed by atoms with E-state index in [0.717, 1.165) is 90.1 Å². The minimum absolute atomic E-state index is 0.297. The summed E-state index contributed by atoms with van der Waals surface area (Å²) in [5, 5.41) is 6.76. The summed E-state index contributed by atoms with van der Waals surface area (Å²) in [6.07, 6.45) is 7.30. The molecule has 2 N–H and O–H groups in total. The van der Waals surface area contributed by atoms with Crippen molar-refractivity contribution >= 4 is 11.9 Å². The highest BCUT2D eigenvalue weighted by Crippen LogP contribution is 2.12. The third-order valence-corrected chi connectivity index (χ3v) is 4.97. The van der Waals surface area contributed by atoms with Crippen LogP contribution < -0.4 is 15.5 Å². The van der Waals surface area contributed by atoms with Gasteiger partial charge in [0.1, 0.15) is 0 Å². The summed E-state index contributed by atoms with van der Waals surface area (Å²) in [5.41, 5.74) is 0. The highest BCUT2D eigenvalue weighted by molar-refractivity contribution is 5.79. The maximum absolute atomic E-state index is 5.64. The Bertz CT molecular complexity index is 554. The van der Waals surface area contributed by atoms with E-state index >= 15 is 0 Å². The van der Waals surface area contributed by atoms with Crippen molar-refractivity contribution in [3.05, 3.63) is 18.5 Å². The molecule has 1 aromatic heterocycles. The van der Waals surface area contributed by atoms with Gasteiger partial charge in [-0.3, -0.25) is 9.89 Å². The smallest absolute Gasteiger partial charge is 0.225 e. The topological polar surface area (TPSA) is 77.9 Å². The Balaban J connectivity index is 1.31. The van der Waals surface area contributed by atoms with Gasteiger partial charge in [-0.15, -0.1) is 0 Å². The van der Waals surface area contributed by atoms with Crippen molar-refractivity contribution in [3.63, 3.8) is 0 Å². The molecule has 2 aliphatic heterocycles. The lowest BCUT2D eigenvalue weighted by atomic mass is 10.2. The molecule has 1 aromatic rings. The van der Waals surface area contributed by atoms with E-state index < -0.39 is 0 Å². The molecule has 0 radical (unpaired) electrons. The Morgan fingerprint density at radius 2 is 2.04 bits per heavy atom. The van der Waals surface area contributed by atoms with Crippen LogP contribution in [0.5, 0.6) is 0 Å². The fourth-order valence-corrected chi connectivity index (χ4v) is 3.46. The van der Waals surface area contributed by atoms with Crippen molar-refractivity contribution in [2.24, 2.45) is 4.99 Å². The van der Waals surface area contributed by atoms with Crippen molar-refractivity contribution in [1.82, 2.24) is 25.5 Å². The molecule has 2 fully saturated rings. The molecular formula is C19H33N7O. The molecule has 3 heterocycles. The molecule has 0 aliphatic carbocycles. The van der Waals surface area contributed by atoms with Crippen LogP contribution >= 0.6 is 0 Å². The molecule has 0 saturated carbocycles. The van der Waals surface area contributed by atoms with Gasteiger partial charge in [-0.05, 0) is 38.8 Å². The molecule has 0 aromatic carbocycles. The molecule has 150 valence electrons. The number of aromatic nitrogens is 2. The van der Waals surface area contributed by atoms with E-state index in [1.807, 2.05) is 18.5 Å². The summed E-state index contributed by atoms with van der Waals surface area (Å²) in [6.45, 7) is 10.7. The van der Waals surface area contributed by atoms with E-state index in [4.69, 9.17) is 4.74 Å². The van der Waals surface area contributed by atoms with E-state index in [1.165, 1.54) is 0 Å². The fraction of sp³-hybridized carbons (Fsp3) is 0.737. The van der Waals surface area contributed by atoms with Gasteiger partial charge in [0.2, 0.25) is 5.95 Å². The van der Waals surface area contributed by atoms with Gasteiger partial charge in [0, 0.05) is 58.3 Å². The van der Waals surface area contributed by atoms with Crippen molar-refractivity contribution in [1.29, 1.82) is 0 Å². The maximum Gasteiger partial charge on any atom is 0.225 e. The van der Waals surface area contributed by atoms with Crippen molar-refractivity contribution in [3.8, 4) is 0 Å². The summed E-state index contributed by atoms with van der Waals surface area (Å²) in [5.74, 6) is 1.75. The molecule has 8 heteroatoms. The Morgan fingerprint density at radius 1 is 1.22 bits per heavy atom. The van der Waals surface area contributed by atoms with Crippen LogP contribution in [0.3, 0.4) is 0 Å². The van der Waals surface area contributed by atoms with Gasteiger partial charge >= 0.3 is 0 Å². The minimum atomic E-state index is 0.297. The quantitative estimate of drug-likeness (QED) is 0.394. The molecule has 0 spiro atoms. The first-order valence-corrected chi connectivity index (χ1v) is 10.2. The summed E-state index contributed by atoms with van der Waals surface area (Å²) in [7, 11) is 0. The first-order valence-electron chi connectivity index (χ1n) is 10.2. The zero-order valence-electron chi connectivity index (χ0n) is 16.4. The van der Waals surface area contributed by atoms with Crippen molar-refractivity contribution in [2.45, 2.75) is 32.3 Å². The standard InChI is InChI=1S/C19H33N7O/c1-2-20-18(24-16-17-6-3-15-27-17)21-9-5-10-25-11-13-26(14-12-25)19-22-7-4-8-23-19/h4,7-8,17H,2-3,5-6,9-16H2,1H3,(H2,20,21,24). The average molecular weight is 376 g/mol. The van der Waals surface area contributed by atoms with E-state index in [1.54, 1.807) is 0 Å². The predicted molar refractivity (Wildman–Crippen MR) is 108 cm³/mol. The number of piperazine rings is 1. The molecule has 0 amide bonds. The van der Waals surface area contributed by atoms with Crippen LogP contribution in [0.1, 0.15) is 26.2 Å². The van der Waals surface area contributed by atoms with E-state index in [0.29, 0.717) is 6.10 Å². The molecule has 27 heavy (non-hydrogen) atoms. The van der Waals surface area contributed by atoms with E-state index in [-0.39, 0.29) is 0 Å². The third-order valence-electron chi connectivity index (χ3n) is 4.97. The number of rotatable bonds is 8. The van der Waals surface area contributed by atoms with Gasteiger partial charge in [-0.2, -0.15) is 0 Å². The van der Waals surface area contributed by atoms with Gasteiger partial charge in [-0.25, -0.2) is 9.97 Å². The fourth-order valence-electron chi connectivity index (χ4n) is 3.46. The summed E-state index contributed by atoms with van der Waals surface area (Å²) < 4.78 is 5.64. The van der Waals surface area contributed by atoms with Gasteiger partial charge in [0.15, 0.2) is 5.96 Å². The molecular weight excluding hydrogens is 342 g/mol. The Morgan fingerprint density at radius 3 is 2.74 bits per heavy atom. The van der Waals surface area contributed by atoms with E-state index in [9.17, 15) is 0 Å². The van der Waals surface area contributed by atoms with Crippen LogP contribution in [-0.4, -0.2) is 85.9 Å². The van der Waals surface area contributed by atoms with Crippen molar-refractivity contribution < 1.29 is 4.74 Å². The van der Waals surface area contributed by atoms with Crippen LogP contribution in [0.15, 0.2) is 23.5 Å². The molecule has 8 nitrogen and oxygen atoms in total. The monoisotopic (exact) mass is 375 g/mol. The van der Waals surface area contributed by atoms with Gasteiger partial charge in [0.05, 0.1) is 12.6 Å². The molecule has 2 aliphatic rings. The summed E-state index contributed by atoms with van der Waals surface area (Å²) in [4.78, 5) is 18.1. The van der Waals surface area contributed by atoms with Gasteiger partial charge in [-0.1, -0.05) is 0 Å². The summed E-state index contributed by atoms with van der Waals surface area (Å²) in [6, 6.07) is 1.86. The number of hydrogen-bond donors (Lipinski definition) is 2. The zero-order chi connectivity index (χ0) is 18.7. The molecule has 3 rings (SSSR count). The zero-order valence-corrected chi connectivity index (χ0v) is 16.4. The third kappa shape index (κ3) is 6.62. The second kappa shape index (κ2) is 11.0. The number of aliphatic imine (C=N–C) groups is 1. The number of nitrogens with one attached hydrogen (secondary N) is 2. The second-order valence-electron chi connectivity index (χ2n) is 7.01. The second-order valence-corrected chi connectivity index (χ2v) is 7.01. The van der Waals surface area contributed by atoms with Crippen LogP contribution in [0.2, 0.25) is 0 Å². The van der Waals surface area contributed by atoms with Crippen molar-refractivity contribution in [2.75, 3.05) is 63.9 Å². The SMILES string of the molecule is CCNC(=NCC1CCCO1)NCCCN1CCN(c2ncccn2)CC1. The van der Waals surface area contributed by atoms with E-state index in [2.05, 4.69) is 42.3 Å². The number of guanidine groups is 1. The van der Waals surface area contributed by atoms with Crippen LogP contribution in [-0.2, 0) is 4.74 Å². The molecule has 1 atom stereocenters. The number of hydrogen-bond acceptors (Lipinski definition) is 6. The number of anilines is 1. The lowest BCUT2D eigenvalue weighted by Crippen LogP contribution is -2.47. The number of ether oxygens (including phenoxy) is 1. The number of nitrogens with zero attached hydrogens (tertiary/aromatic N) is 5. The highest BCUT2D eigenvalue weighted by Gasteiger charge is 2.18. The lowest BCUT2D eigenvalue weighted by Gasteiger charge is -2.34. The van der Waals surface area contributed by atoms with Crippen LogP contribution in [0.4, 0.5) is 5.95 Å². The normalized spacial score (nSPS) is 21.4. The largest absolute Gasteiger partial charge is 0.376 e. The highest BCUT2D eigenvalue weighted by atomic mass is 16.5. The summed E-state index contributed by atoms with van der Waals surface area (Å²) >= 11 is 0. The first kappa shape index (κ1) is 19.8. The molecule has 1 unspecified atom stereocenters. The minimum Gasteiger partial charge on any atom is -0.376 e. The Kier molecular flexibility index (Phi) is 8.10. The molecule has 2 saturated heterocycles.